The first-order chi connectivity index (χ1) is 8.31. The summed E-state index contributed by atoms with van der Waals surface area (Å²) in [7, 11) is 0. The number of rotatable bonds is 5. The van der Waals surface area contributed by atoms with Crippen molar-refractivity contribution in [3.63, 3.8) is 0 Å². The van der Waals surface area contributed by atoms with Crippen LogP contribution in [0.2, 0.25) is 0 Å². The second kappa shape index (κ2) is 5.50. The van der Waals surface area contributed by atoms with Crippen molar-refractivity contribution in [2.24, 2.45) is 5.73 Å². The quantitative estimate of drug-likeness (QED) is 0.860. The minimum absolute atomic E-state index is 0.303. The summed E-state index contributed by atoms with van der Waals surface area (Å²) in [5.41, 5.74) is 6.95. The van der Waals surface area contributed by atoms with Crippen LogP contribution >= 0.6 is 0 Å². The molecule has 0 aliphatic rings. The average Bonchev–Trinajstić information content (AvgIpc) is 2.89. The summed E-state index contributed by atoms with van der Waals surface area (Å²) < 4.78 is 10.8. The fourth-order valence-corrected chi connectivity index (χ4v) is 1.54. The third kappa shape index (κ3) is 2.85. The molecule has 2 N–H and O–H groups in total. The second-order valence-corrected chi connectivity index (χ2v) is 3.80. The van der Waals surface area contributed by atoms with Crippen molar-refractivity contribution in [1.29, 1.82) is 0 Å². The predicted octanol–water partition coefficient (Wildman–Crippen LogP) is 2.51. The fraction of sp³-hybridized carbons (Fsp3) is 0.308. The Hall–Kier alpha value is -1.81. The number of nitrogens with zero attached hydrogens (tertiary/aromatic N) is 1. The van der Waals surface area contributed by atoms with E-state index < -0.39 is 0 Å². The van der Waals surface area contributed by atoms with Crippen LogP contribution in [0.1, 0.15) is 30.7 Å². The summed E-state index contributed by atoms with van der Waals surface area (Å²) in [4.78, 5) is 4.12. The highest BCUT2D eigenvalue weighted by Gasteiger charge is 2.12. The van der Waals surface area contributed by atoms with Gasteiger partial charge >= 0.3 is 0 Å². The average molecular weight is 232 g/mol. The van der Waals surface area contributed by atoms with Gasteiger partial charge in [0.05, 0.1) is 25.1 Å². The Morgan fingerprint density at radius 2 is 2.35 bits per heavy atom. The molecule has 0 saturated heterocycles. The van der Waals surface area contributed by atoms with Gasteiger partial charge in [-0.15, -0.1) is 0 Å². The molecule has 2 aromatic heterocycles. The van der Waals surface area contributed by atoms with E-state index in [4.69, 9.17) is 14.9 Å². The molecule has 2 rings (SSSR count). The van der Waals surface area contributed by atoms with Gasteiger partial charge in [0.1, 0.15) is 11.5 Å². The molecule has 4 heteroatoms. The lowest BCUT2D eigenvalue weighted by Gasteiger charge is -2.10. The van der Waals surface area contributed by atoms with Crippen molar-refractivity contribution < 1.29 is 9.15 Å². The van der Waals surface area contributed by atoms with E-state index in [1.807, 2.05) is 18.2 Å². The number of nitrogens with two attached hydrogens (primary N) is 1. The zero-order valence-electron chi connectivity index (χ0n) is 9.80. The molecule has 0 aliphatic carbocycles. The zero-order valence-corrected chi connectivity index (χ0v) is 9.80. The van der Waals surface area contributed by atoms with Crippen LogP contribution in [-0.2, 0) is 0 Å². The molecule has 0 aromatic carbocycles. The maximum absolute atomic E-state index is 6.07. The lowest BCUT2D eigenvalue weighted by Crippen LogP contribution is -2.11. The molecule has 0 spiro atoms. The van der Waals surface area contributed by atoms with Crippen molar-refractivity contribution in [3.8, 4) is 5.75 Å². The van der Waals surface area contributed by atoms with Gasteiger partial charge in [-0.05, 0) is 30.2 Å². The summed E-state index contributed by atoms with van der Waals surface area (Å²) in [6.07, 6.45) is 5.99. The molecule has 1 atom stereocenters. The molecule has 2 aromatic rings. The van der Waals surface area contributed by atoms with Gasteiger partial charge < -0.3 is 14.9 Å². The van der Waals surface area contributed by atoms with E-state index in [0.717, 1.165) is 23.5 Å². The summed E-state index contributed by atoms with van der Waals surface area (Å²) in [6.45, 7) is 2.74. The lowest BCUT2D eigenvalue weighted by molar-refractivity contribution is 0.315. The molecule has 2 heterocycles. The number of ether oxygens (including phenoxy) is 1. The standard InChI is InChI=1S/C13H16N2O2/c1-2-5-16-11-7-10(8-15-9-11)13(14)12-4-3-6-17-12/h3-4,6-9,13H,2,5,14H2,1H3. The molecule has 90 valence electrons. The smallest absolute Gasteiger partial charge is 0.137 e. The first-order valence-electron chi connectivity index (χ1n) is 5.68. The summed E-state index contributed by atoms with van der Waals surface area (Å²) >= 11 is 0. The van der Waals surface area contributed by atoms with Gasteiger partial charge in [-0.3, -0.25) is 4.98 Å². The van der Waals surface area contributed by atoms with Crippen molar-refractivity contribution in [1.82, 2.24) is 4.98 Å². The first kappa shape index (κ1) is 11.7. The maximum Gasteiger partial charge on any atom is 0.137 e. The Balaban J connectivity index is 2.15. The van der Waals surface area contributed by atoms with Crippen LogP contribution in [0.25, 0.3) is 0 Å². The van der Waals surface area contributed by atoms with Crippen molar-refractivity contribution in [2.45, 2.75) is 19.4 Å². The second-order valence-electron chi connectivity index (χ2n) is 3.80. The third-order valence-electron chi connectivity index (χ3n) is 2.42. The van der Waals surface area contributed by atoms with Crippen LogP contribution in [0.3, 0.4) is 0 Å². The van der Waals surface area contributed by atoms with E-state index in [9.17, 15) is 0 Å². The summed E-state index contributed by atoms with van der Waals surface area (Å²) in [5.74, 6) is 1.46. The molecule has 17 heavy (non-hydrogen) atoms. The van der Waals surface area contributed by atoms with Gasteiger partial charge in [0.15, 0.2) is 0 Å². The van der Waals surface area contributed by atoms with Crippen LogP contribution in [-0.4, -0.2) is 11.6 Å². The van der Waals surface area contributed by atoms with E-state index in [1.165, 1.54) is 0 Å². The van der Waals surface area contributed by atoms with Crippen LogP contribution in [0.15, 0.2) is 41.3 Å². The topological polar surface area (TPSA) is 61.3 Å². The molecule has 0 radical (unpaired) electrons. The number of aromatic nitrogens is 1. The van der Waals surface area contributed by atoms with Gasteiger partial charge in [0.2, 0.25) is 0 Å². The van der Waals surface area contributed by atoms with Crippen molar-refractivity contribution in [3.05, 3.63) is 48.2 Å². The van der Waals surface area contributed by atoms with Crippen LogP contribution in [0.5, 0.6) is 5.75 Å². The Kier molecular flexibility index (Phi) is 3.77. The molecular weight excluding hydrogens is 216 g/mol. The molecule has 0 bridgehead atoms. The van der Waals surface area contributed by atoms with E-state index in [1.54, 1.807) is 18.7 Å². The molecule has 0 saturated carbocycles. The van der Waals surface area contributed by atoms with Gasteiger partial charge in [-0.2, -0.15) is 0 Å². The molecule has 0 fully saturated rings. The van der Waals surface area contributed by atoms with Crippen LogP contribution in [0, 0.1) is 0 Å². The monoisotopic (exact) mass is 232 g/mol. The highest BCUT2D eigenvalue weighted by Crippen LogP contribution is 2.22. The van der Waals surface area contributed by atoms with Gasteiger partial charge in [-0.25, -0.2) is 0 Å². The fourth-order valence-electron chi connectivity index (χ4n) is 1.54. The van der Waals surface area contributed by atoms with Crippen molar-refractivity contribution >= 4 is 0 Å². The molecular formula is C13H16N2O2. The van der Waals surface area contributed by atoms with Crippen LogP contribution < -0.4 is 10.5 Å². The SMILES string of the molecule is CCCOc1cncc(C(N)c2ccco2)c1. The van der Waals surface area contributed by atoms with Gasteiger partial charge in [0.25, 0.3) is 0 Å². The normalized spacial score (nSPS) is 12.4. The Bertz CT molecular complexity index is 454. The Labute approximate surface area is 100 Å². The Morgan fingerprint density at radius 3 is 3.06 bits per heavy atom. The number of hydrogen-bond acceptors (Lipinski definition) is 4. The van der Waals surface area contributed by atoms with Crippen LogP contribution in [0.4, 0.5) is 0 Å². The summed E-state index contributed by atoms with van der Waals surface area (Å²) in [6, 6.07) is 5.27. The number of pyridine rings is 1. The molecule has 0 amide bonds. The number of furan rings is 1. The zero-order chi connectivity index (χ0) is 12.1. The lowest BCUT2D eigenvalue weighted by atomic mass is 10.1. The Morgan fingerprint density at radius 1 is 1.47 bits per heavy atom. The van der Waals surface area contributed by atoms with E-state index >= 15 is 0 Å². The van der Waals surface area contributed by atoms with E-state index in [2.05, 4.69) is 11.9 Å². The highest BCUT2D eigenvalue weighted by atomic mass is 16.5. The first-order valence-corrected chi connectivity index (χ1v) is 5.68. The number of hydrogen-bond donors (Lipinski definition) is 1. The van der Waals surface area contributed by atoms with Gasteiger partial charge in [0, 0.05) is 6.20 Å². The van der Waals surface area contributed by atoms with Crippen molar-refractivity contribution in [2.75, 3.05) is 6.61 Å². The highest BCUT2D eigenvalue weighted by molar-refractivity contribution is 5.30. The third-order valence-corrected chi connectivity index (χ3v) is 2.42. The minimum atomic E-state index is -0.303. The predicted molar refractivity (Wildman–Crippen MR) is 64.8 cm³/mol. The van der Waals surface area contributed by atoms with E-state index in [-0.39, 0.29) is 6.04 Å². The molecule has 4 nitrogen and oxygen atoms in total. The van der Waals surface area contributed by atoms with E-state index in [0.29, 0.717) is 6.61 Å². The molecule has 1 unspecified atom stereocenters. The minimum Gasteiger partial charge on any atom is -0.492 e. The largest absolute Gasteiger partial charge is 0.492 e. The summed E-state index contributed by atoms with van der Waals surface area (Å²) in [5, 5.41) is 0. The maximum atomic E-state index is 6.07. The molecule has 0 aliphatic heterocycles. The van der Waals surface area contributed by atoms with Gasteiger partial charge in [-0.1, -0.05) is 6.92 Å².